The molecule has 0 aliphatic carbocycles. The van der Waals surface area contributed by atoms with Crippen molar-refractivity contribution in [3.05, 3.63) is 52.4 Å². The SMILES string of the molecule is O=C(Nc1ccc(Cl)c(Cl)c1)O/N=C/c1ccco1. The van der Waals surface area contributed by atoms with E-state index in [-0.39, 0.29) is 0 Å². The topological polar surface area (TPSA) is 63.8 Å². The van der Waals surface area contributed by atoms with Crippen molar-refractivity contribution in [3.8, 4) is 0 Å². The van der Waals surface area contributed by atoms with Crippen LogP contribution in [0.4, 0.5) is 10.5 Å². The molecule has 1 aromatic heterocycles. The number of amides is 1. The van der Waals surface area contributed by atoms with Gasteiger partial charge in [-0.25, -0.2) is 4.79 Å². The van der Waals surface area contributed by atoms with Gasteiger partial charge in [-0.15, -0.1) is 0 Å². The average molecular weight is 299 g/mol. The molecule has 0 atom stereocenters. The molecule has 0 saturated heterocycles. The lowest BCUT2D eigenvalue weighted by molar-refractivity contribution is 0.167. The van der Waals surface area contributed by atoms with E-state index in [1.165, 1.54) is 18.5 Å². The predicted octanol–water partition coefficient (Wildman–Crippen LogP) is 4.17. The van der Waals surface area contributed by atoms with Gasteiger partial charge >= 0.3 is 6.09 Å². The van der Waals surface area contributed by atoms with Crippen LogP contribution in [0.1, 0.15) is 5.76 Å². The molecule has 5 nitrogen and oxygen atoms in total. The van der Waals surface area contributed by atoms with E-state index in [0.717, 1.165) is 0 Å². The molecule has 0 radical (unpaired) electrons. The van der Waals surface area contributed by atoms with E-state index in [1.807, 2.05) is 0 Å². The van der Waals surface area contributed by atoms with E-state index < -0.39 is 6.09 Å². The fourth-order valence-electron chi connectivity index (χ4n) is 1.21. The standard InChI is InChI=1S/C12H8Cl2N2O3/c13-10-4-3-8(6-11(10)14)16-12(17)19-15-7-9-2-1-5-18-9/h1-7H,(H,16,17)/b15-7+. The number of hydrogen-bond donors (Lipinski definition) is 1. The largest absolute Gasteiger partial charge is 0.463 e. The van der Waals surface area contributed by atoms with Crippen molar-refractivity contribution < 1.29 is 14.0 Å². The van der Waals surface area contributed by atoms with Crippen molar-refractivity contribution in [3.63, 3.8) is 0 Å². The van der Waals surface area contributed by atoms with E-state index in [9.17, 15) is 4.79 Å². The summed E-state index contributed by atoms with van der Waals surface area (Å²) in [6, 6.07) is 8.01. The van der Waals surface area contributed by atoms with E-state index in [1.54, 1.807) is 24.3 Å². The highest BCUT2D eigenvalue weighted by atomic mass is 35.5. The summed E-state index contributed by atoms with van der Waals surface area (Å²) in [5.74, 6) is 0.474. The second-order valence-electron chi connectivity index (χ2n) is 3.38. The van der Waals surface area contributed by atoms with E-state index in [4.69, 9.17) is 27.6 Å². The molecule has 98 valence electrons. The molecule has 0 aliphatic rings. The fourth-order valence-corrected chi connectivity index (χ4v) is 1.50. The van der Waals surface area contributed by atoms with Crippen LogP contribution < -0.4 is 5.32 Å². The normalized spacial score (nSPS) is 10.6. The molecule has 0 aliphatic heterocycles. The Kier molecular flexibility index (Phi) is 4.43. The maximum Gasteiger partial charge on any atom is 0.437 e. The highest BCUT2D eigenvalue weighted by molar-refractivity contribution is 6.42. The molecule has 0 unspecified atom stereocenters. The van der Waals surface area contributed by atoms with Crippen LogP contribution in [-0.4, -0.2) is 12.3 Å². The summed E-state index contributed by atoms with van der Waals surface area (Å²) >= 11 is 11.6. The Balaban J connectivity index is 1.89. The van der Waals surface area contributed by atoms with Gasteiger partial charge in [0.25, 0.3) is 0 Å². The van der Waals surface area contributed by atoms with Gasteiger partial charge in [-0.3, -0.25) is 10.2 Å². The number of rotatable bonds is 3. The number of furan rings is 1. The number of nitrogens with one attached hydrogen (secondary N) is 1. The van der Waals surface area contributed by atoms with E-state index in [2.05, 4.69) is 15.3 Å². The van der Waals surface area contributed by atoms with Gasteiger partial charge in [0, 0.05) is 5.69 Å². The van der Waals surface area contributed by atoms with Crippen LogP contribution >= 0.6 is 23.2 Å². The third-order valence-corrected chi connectivity index (χ3v) is 2.76. The van der Waals surface area contributed by atoms with Crippen LogP contribution in [-0.2, 0) is 4.84 Å². The van der Waals surface area contributed by atoms with Crippen LogP contribution in [0.3, 0.4) is 0 Å². The molecule has 0 spiro atoms. The lowest BCUT2D eigenvalue weighted by Gasteiger charge is -2.03. The minimum absolute atomic E-state index is 0.332. The summed E-state index contributed by atoms with van der Waals surface area (Å²) < 4.78 is 4.97. The monoisotopic (exact) mass is 298 g/mol. The quantitative estimate of drug-likeness (QED) is 0.525. The van der Waals surface area contributed by atoms with Crippen LogP contribution in [0, 0.1) is 0 Å². The first-order chi connectivity index (χ1) is 9.15. The molecule has 0 saturated carbocycles. The summed E-state index contributed by atoms with van der Waals surface area (Å²) in [6.07, 6.45) is 2.01. The molecule has 2 rings (SSSR count). The third kappa shape index (κ3) is 4.01. The number of anilines is 1. The second kappa shape index (κ2) is 6.26. The zero-order chi connectivity index (χ0) is 13.7. The smallest absolute Gasteiger partial charge is 0.437 e. The Hall–Kier alpha value is -1.98. The van der Waals surface area contributed by atoms with E-state index >= 15 is 0 Å². The zero-order valence-corrected chi connectivity index (χ0v) is 11.0. The van der Waals surface area contributed by atoms with Crippen molar-refractivity contribution >= 4 is 41.2 Å². The molecular formula is C12H8Cl2N2O3. The van der Waals surface area contributed by atoms with Gasteiger partial charge in [-0.05, 0) is 30.3 Å². The van der Waals surface area contributed by atoms with Crippen molar-refractivity contribution in [1.82, 2.24) is 0 Å². The van der Waals surface area contributed by atoms with Crippen LogP contribution in [0.2, 0.25) is 10.0 Å². The summed E-state index contributed by atoms with van der Waals surface area (Å²) in [5.41, 5.74) is 0.451. The van der Waals surface area contributed by atoms with E-state index in [0.29, 0.717) is 21.5 Å². The molecule has 1 N–H and O–H groups in total. The number of nitrogens with zero attached hydrogens (tertiary/aromatic N) is 1. The number of hydrogen-bond acceptors (Lipinski definition) is 4. The number of oxime groups is 1. The third-order valence-electron chi connectivity index (χ3n) is 2.02. The van der Waals surface area contributed by atoms with Crippen molar-refractivity contribution in [2.75, 3.05) is 5.32 Å². The van der Waals surface area contributed by atoms with Crippen molar-refractivity contribution in [2.45, 2.75) is 0 Å². The van der Waals surface area contributed by atoms with Crippen molar-refractivity contribution in [1.29, 1.82) is 0 Å². The van der Waals surface area contributed by atoms with Gasteiger partial charge in [0.05, 0.1) is 16.3 Å². The summed E-state index contributed by atoms with van der Waals surface area (Å²) in [4.78, 5) is 16.0. The fraction of sp³-hybridized carbons (Fsp3) is 0. The predicted molar refractivity (Wildman–Crippen MR) is 72.9 cm³/mol. The first kappa shape index (κ1) is 13.5. The number of halogens is 2. The molecule has 0 fully saturated rings. The lowest BCUT2D eigenvalue weighted by Crippen LogP contribution is -2.10. The minimum atomic E-state index is -0.749. The van der Waals surface area contributed by atoms with Gasteiger partial charge in [0.2, 0.25) is 0 Å². The van der Waals surface area contributed by atoms with Gasteiger partial charge in [-0.2, -0.15) is 0 Å². The van der Waals surface area contributed by atoms with Gasteiger partial charge in [0.15, 0.2) is 0 Å². The number of carbonyl (C=O) groups is 1. The molecule has 2 aromatic rings. The molecule has 1 heterocycles. The van der Waals surface area contributed by atoms with Crippen LogP contribution in [0.5, 0.6) is 0 Å². The Morgan fingerprint density at radius 3 is 2.84 bits per heavy atom. The Bertz CT molecular complexity index is 597. The molecule has 1 amide bonds. The second-order valence-corrected chi connectivity index (χ2v) is 4.20. The Morgan fingerprint density at radius 1 is 1.32 bits per heavy atom. The molecule has 1 aromatic carbocycles. The summed E-state index contributed by atoms with van der Waals surface area (Å²) in [6.45, 7) is 0. The Morgan fingerprint density at radius 2 is 2.16 bits per heavy atom. The lowest BCUT2D eigenvalue weighted by atomic mass is 10.3. The molecule has 7 heteroatoms. The zero-order valence-electron chi connectivity index (χ0n) is 9.47. The number of benzene rings is 1. The molecule has 0 bridgehead atoms. The minimum Gasteiger partial charge on any atom is -0.463 e. The van der Waals surface area contributed by atoms with Gasteiger partial charge < -0.3 is 4.42 Å². The highest BCUT2D eigenvalue weighted by Crippen LogP contribution is 2.24. The molecular weight excluding hydrogens is 291 g/mol. The first-order valence-corrected chi connectivity index (χ1v) is 5.90. The van der Waals surface area contributed by atoms with Crippen molar-refractivity contribution in [2.24, 2.45) is 5.16 Å². The first-order valence-electron chi connectivity index (χ1n) is 5.15. The highest BCUT2D eigenvalue weighted by Gasteiger charge is 2.05. The number of carbonyl (C=O) groups excluding carboxylic acids is 1. The maximum atomic E-state index is 11.4. The van der Waals surface area contributed by atoms with Crippen LogP contribution in [0.15, 0.2) is 46.2 Å². The summed E-state index contributed by atoms with van der Waals surface area (Å²) in [7, 11) is 0. The molecule has 19 heavy (non-hydrogen) atoms. The van der Waals surface area contributed by atoms with Gasteiger partial charge in [0.1, 0.15) is 12.0 Å². The van der Waals surface area contributed by atoms with Crippen LogP contribution in [0.25, 0.3) is 0 Å². The average Bonchev–Trinajstić information content (AvgIpc) is 2.87. The maximum absolute atomic E-state index is 11.4. The Labute approximate surface area is 118 Å². The summed E-state index contributed by atoms with van der Waals surface area (Å²) in [5, 5.41) is 6.63. The van der Waals surface area contributed by atoms with Gasteiger partial charge in [-0.1, -0.05) is 28.4 Å².